The summed E-state index contributed by atoms with van der Waals surface area (Å²) in [6.07, 6.45) is 2.11. The van der Waals surface area contributed by atoms with Gasteiger partial charge in [0.2, 0.25) is 11.8 Å². The number of carbonyl (C=O) groups excluding carboxylic acids is 2. The van der Waals surface area contributed by atoms with Crippen LogP contribution in [0.3, 0.4) is 0 Å². The first-order valence-corrected chi connectivity index (χ1v) is 9.82. The van der Waals surface area contributed by atoms with Crippen LogP contribution >= 0.6 is 0 Å². The second-order valence-corrected chi connectivity index (χ2v) is 7.36. The van der Waals surface area contributed by atoms with E-state index >= 15 is 0 Å². The van der Waals surface area contributed by atoms with Crippen LogP contribution in [0.1, 0.15) is 25.0 Å². The molecule has 0 spiro atoms. The van der Waals surface area contributed by atoms with E-state index in [1.165, 1.54) is 4.90 Å². The maximum absolute atomic E-state index is 12.3. The third kappa shape index (κ3) is 6.48. The van der Waals surface area contributed by atoms with Crippen LogP contribution in [0.15, 0.2) is 24.3 Å². The molecule has 2 aromatic rings. The zero-order valence-corrected chi connectivity index (χ0v) is 17.7. The molecular formula is C21H30N4O5. The van der Waals surface area contributed by atoms with E-state index in [9.17, 15) is 9.59 Å². The topological polar surface area (TPSA) is 115 Å². The highest BCUT2D eigenvalue weighted by Gasteiger charge is 2.24. The van der Waals surface area contributed by atoms with Crippen LogP contribution in [0.2, 0.25) is 0 Å². The molecule has 0 saturated carbocycles. The molecule has 1 unspecified atom stereocenters. The average molecular weight is 418 g/mol. The summed E-state index contributed by atoms with van der Waals surface area (Å²) in [7, 11) is 5.09. The summed E-state index contributed by atoms with van der Waals surface area (Å²) in [5, 5.41) is 11.6. The molecular weight excluding hydrogens is 388 g/mol. The fraction of sp³-hybridized carbons (Fsp3) is 0.476. The summed E-state index contributed by atoms with van der Waals surface area (Å²) < 4.78 is 5.27. The van der Waals surface area contributed by atoms with Crippen molar-refractivity contribution in [3.63, 3.8) is 0 Å². The normalized spacial score (nSPS) is 16.4. The van der Waals surface area contributed by atoms with Gasteiger partial charge in [-0.15, -0.1) is 0 Å². The molecule has 3 N–H and O–H groups in total. The molecule has 2 amide bonds. The first-order valence-electron chi connectivity index (χ1n) is 9.82. The molecule has 1 aromatic carbocycles. The summed E-state index contributed by atoms with van der Waals surface area (Å²) in [6.45, 7) is 1.24. The van der Waals surface area contributed by atoms with Crippen LogP contribution in [0.4, 0.5) is 0 Å². The lowest BCUT2D eigenvalue weighted by molar-refractivity contribution is -0.138. The molecule has 30 heavy (non-hydrogen) atoms. The van der Waals surface area contributed by atoms with Gasteiger partial charge in [0.15, 0.2) is 0 Å². The van der Waals surface area contributed by atoms with Crippen molar-refractivity contribution in [2.45, 2.75) is 31.8 Å². The summed E-state index contributed by atoms with van der Waals surface area (Å²) in [5.74, 6) is 0.867. The van der Waals surface area contributed by atoms with Crippen molar-refractivity contribution in [3.8, 4) is 5.75 Å². The fourth-order valence-corrected chi connectivity index (χ4v) is 3.36. The van der Waals surface area contributed by atoms with Crippen LogP contribution in [0.25, 0.3) is 10.9 Å². The Morgan fingerprint density at radius 2 is 2.10 bits per heavy atom. The smallest absolute Gasteiger partial charge is 0.290 e. The van der Waals surface area contributed by atoms with Crippen molar-refractivity contribution in [2.24, 2.45) is 0 Å². The summed E-state index contributed by atoms with van der Waals surface area (Å²) in [5.41, 5.74) is 2.19. The van der Waals surface area contributed by atoms with Crippen LogP contribution in [0.5, 0.6) is 5.75 Å². The number of rotatable bonds is 6. The molecule has 0 aliphatic carbocycles. The standard InChI is InChI=1S/C20H28N4O3.CH2O2/c1-23(2)20(26)13-24-9-8-15(4-7-19(24)25)21-12-16-10-14-11-17(27-3)5-6-18(14)22-16;2-1-3/h5-6,10-11,15,21-22H,4,7-9,12-13H2,1-3H3;1H,(H,2,3). The number of carboxylic acid groups (broad SMARTS) is 1. The number of carbonyl (C=O) groups is 3. The highest BCUT2D eigenvalue weighted by atomic mass is 16.5. The monoisotopic (exact) mass is 418 g/mol. The van der Waals surface area contributed by atoms with Gasteiger partial charge in [0.05, 0.1) is 13.7 Å². The van der Waals surface area contributed by atoms with Crippen LogP contribution in [0, 0.1) is 0 Å². The zero-order chi connectivity index (χ0) is 22.1. The largest absolute Gasteiger partial charge is 0.497 e. The van der Waals surface area contributed by atoms with Gasteiger partial charge in [0.1, 0.15) is 5.75 Å². The molecule has 1 saturated heterocycles. The lowest BCUT2D eigenvalue weighted by Crippen LogP contribution is -2.40. The van der Waals surface area contributed by atoms with Gasteiger partial charge in [-0.2, -0.15) is 0 Å². The van der Waals surface area contributed by atoms with Crippen molar-refractivity contribution in [2.75, 3.05) is 34.3 Å². The lowest BCUT2D eigenvalue weighted by atomic mass is 10.1. The number of aromatic amines is 1. The average Bonchev–Trinajstić information content (AvgIpc) is 3.05. The number of hydrogen-bond acceptors (Lipinski definition) is 5. The minimum absolute atomic E-state index is 0.0386. The minimum atomic E-state index is -0.250. The molecule has 164 valence electrons. The van der Waals surface area contributed by atoms with Crippen LogP contribution in [-0.2, 0) is 20.9 Å². The molecule has 0 bridgehead atoms. The number of nitrogens with zero attached hydrogens (tertiary/aromatic N) is 2. The molecule has 0 radical (unpaired) electrons. The van der Waals surface area contributed by atoms with Gasteiger partial charge >= 0.3 is 0 Å². The van der Waals surface area contributed by atoms with Gasteiger partial charge in [-0.3, -0.25) is 14.4 Å². The predicted molar refractivity (Wildman–Crippen MR) is 113 cm³/mol. The summed E-state index contributed by atoms with van der Waals surface area (Å²) in [6, 6.07) is 8.35. The fourth-order valence-electron chi connectivity index (χ4n) is 3.36. The number of nitrogens with one attached hydrogen (secondary N) is 2. The van der Waals surface area contributed by atoms with Crippen LogP contribution < -0.4 is 10.1 Å². The quantitative estimate of drug-likeness (QED) is 0.612. The Balaban J connectivity index is 0.00000101. The number of likely N-dealkylation sites (N-methyl/N-ethyl adjacent to an activating group) is 1. The molecule has 1 aliphatic rings. The first-order chi connectivity index (χ1) is 14.4. The Bertz CT molecular complexity index is 864. The Morgan fingerprint density at radius 1 is 1.37 bits per heavy atom. The van der Waals surface area contributed by atoms with Crippen molar-refractivity contribution in [1.82, 2.24) is 20.1 Å². The van der Waals surface area contributed by atoms with Crippen molar-refractivity contribution in [3.05, 3.63) is 30.0 Å². The highest BCUT2D eigenvalue weighted by molar-refractivity contribution is 5.84. The van der Waals surface area contributed by atoms with E-state index < -0.39 is 0 Å². The molecule has 3 rings (SSSR count). The van der Waals surface area contributed by atoms with Crippen LogP contribution in [-0.4, -0.2) is 78.5 Å². The van der Waals surface area contributed by atoms with E-state index in [0.29, 0.717) is 19.5 Å². The number of ether oxygens (including phenoxy) is 1. The third-order valence-corrected chi connectivity index (χ3v) is 5.10. The first kappa shape index (κ1) is 23.2. The Labute approximate surface area is 176 Å². The summed E-state index contributed by atoms with van der Waals surface area (Å²) in [4.78, 5) is 39.2. The second kappa shape index (κ2) is 11.2. The number of aromatic nitrogens is 1. The number of benzene rings is 1. The van der Waals surface area contributed by atoms with Crippen molar-refractivity contribution < 1.29 is 24.2 Å². The number of hydrogen-bond donors (Lipinski definition) is 3. The molecule has 9 heteroatoms. The van der Waals surface area contributed by atoms with Crippen molar-refractivity contribution >= 4 is 29.2 Å². The second-order valence-electron chi connectivity index (χ2n) is 7.36. The Hall–Kier alpha value is -3.07. The molecule has 1 atom stereocenters. The number of methoxy groups -OCH3 is 1. The summed E-state index contributed by atoms with van der Waals surface area (Å²) >= 11 is 0. The van der Waals surface area contributed by atoms with Gasteiger partial charge in [0, 0.05) is 56.2 Å². The molecule has 1 aromatic heterocycles. The van der Waals surface area contributed by atoms with Crippen molar-refractivity contribution in [1.29, 1.82) is 0 Å². The highest BCUT2D eigenvalue weighted by Crippen LogP contribution is 2.21. The van der Waals surface area contributed by atoms with Gasteiger partial charge in [-0.25, -0.2) is 0 Å². The minimum Gasteiger partial charge on any atom is -0.497 e. The van der Waals surface area contributed by atoms with E-state index in [2.05, 4.69) is 16.4 Å². The number of fused-ring (bicyclic) bond motifs is 1. The van der Waals surface area contributed by atoms with Gasteiger partial charge in [-0.1, -0.05) is 0 Å². The van der Waals surface area contributed by atoms with Gasteiger partial charge < -0.3 is 29.9 Å². The maximum Gasteiger partial charge on any atom is 0.290 e. The Morgan fingerprint density at radius 3 is 2.77 bits per heavy atom. The molecule has 1 aliphatic heterocycles. The van der Waals surface area contributed by atoms with E-state index in [1.807, 2.05) is 18.2 Å². The molecule has 1 fully saturated rings. The van der Waals surface area contributed by atoms with E-state index in [1.54, 1.807) is 26.1 Å². The predicted octanol–water partition coefficient (Wildman–Crippen LogP) is 1.44. The van der Waals surface area contributed by atoms with Gasteiger partial charge in [-0.05, 0) is 37.1 Å². The van der Waals surface area contributed by atoms with E-state index in [0.717, 1.165) is 35.2 Å². The number of likely N-dealkylation sites (tertiary alicyclic amines) is 1. The zero-order valence-electron chi connectivity index (χ0n) is 17.7. The maximum atomic E-state index is 12.3. The number of H-pyrrole nitrogens is 1. The number of amides is 2. The van der Waals surface area contributed by atoms with Gasteiger partial charge in [0.25, 0.3) is 6.47 Å². The SMILES string of the molecule is COc1ccc2[nH]c(CNC3CCC(=O)N(CC(=O)N(C)C)CC3)cc2c1.O=CO. The van der Waals surface area contributed by atoms with E-state index in [-0.39, 0.29) is 30.9 Å². The third-order valence-electron chi connectivity index (χ3n) is 5.10. The Kier molecular flexibility index (Phi) is 8.67. The lowest BCUT2D eigenvalue weighted by Gasteiger charge is -2.22. The molecule has 9 nitrogen and oxygen atoms in total. The van der Waals surface area contributed by atoms with E-state index in [4.69, 9.17) is 14.6 Å². The molecule has 2 heterocycles.